The number of rotatable bonds is 11. The normalized spacial score (nSPS) is 12.0. The molecule has 1 atom stereocenters. The average molecular weight is 383 g/mol. The van der Waals surface area contributed by atoms with E-state index in [4.69, 9.17) is 16.3 Å². The summed E-state index contributed by atoms with van der Waals surface area (Å²) in [6.07, 6.45) is 9.18. The molecule has 0 aliphatic heterocycles. The zero-order chi connectivity index (χ0) is 19.2. The van der Waals surface area contributed by atoms with Crippen LogP contribution in [0.5, 0.6) is 0 Å². The van der Waals surface area contributed by atoms with E-state index in [1.807, 2.05) is 13.0 Å². The first-order valence-corrected chi connectivity index (χ1v) is 10.4. The molecule has 2 N–H and O–H groups in total. The number of fused-ring (bicyclic) bond motifs is 1. The molecule has 2 rings (SSSR count). The number of aromatic nitrogens is 3. The highest BCUT2D eigenvalue weighted by molar-refractivity contribution is 6.28. The van der Waals surface area contributed by atoms with Gasteiger partial charge in [0.25, 0.3) is 0 Å². The second-order valence-electron chi connectivity index (χ2n) is 6.36. The standard InChI is InChI=1S/C12H16ClN3O.C8H19N/c1-3-5-10(17-4-2)9-6-8-7-14-12(13)16-11(8)15-9;1-3-5-6-8-9-7-4-2/h6-7,10H,3-5H2,1-2H3,(H,14,15,16);9H,3-8H2,1-2H3. The summed E-state index contributed by atoms with van der Waals surface area (Å²) in [5.41, 5.74) is 1.81. The largest absolute Gasteiger partial charge is 0.372 e. The number of unbranched alkanes of at least 4 members (excludes halogenated alkanes) is 2. The molecule has 2 aromatic heterocycles. The van der Waals surface area contributed by atoms with Gasteiger partial charge in [0.1, 0.15) is 5.65 Å². The number of hydrogen-bond donors (Lipinski definition) is 2. The highest BCUT2D eigenvalue weighted by Gasteiger charge is 2.14. The number of H-pyrrole nitrogens is 1. The molecule has 2 aromatic rings. The maximum absolute atomic E-state index is 5.76. The first kappa shape index (κ1) is 22.9. The molecule has 0 bridgehead atoms. The van der Waals surface area contributed by atoms with E-state index < -0.39 is 0 Å². The molecule has 0 aromatic carbocycles. The Bertz CT molecular complexity index is 591. The van der Waals surface area contributed by atoms with E-state index in [-0.39, 0.29) is 11.4 Å². The van der Waals surface area contributed by atoms with Gasteiger partial charge in [-0.25, -0.2) is 4.98 Å². The topological polar surface area (TPSA) is 62.8 Å². The first-order chi connectivity index (χ1) is 12.7. The van der Waals surface area contributed by atoms with Crippen LogP contribution in [0, 0.1) is 0 Å². The Labute approximate surface area is 163 Å². The van der Waals surface area contributed by atoms with Crippen molar-refractivity contribution in [3.05, 3.63) is 23.2 Å². The molecule has 2 heterocycles. The van der Waals surface area contributed by atoms with Crippen molar-refractivity contribution in [2.45, 2.75) is 72.3 Å². The molecule has 0 aliphatic carbocycles. The van der Waals surface area contributed by atoms with E-state index in [0.29, 0.717) is 6.61 Å². The van der Waals surface area contributed by atoms with E-state index >= 15 is 0 Å². The first-order valence-electron chi connectivity index (χ1n) is 9.99. The predicted octanol–water partition coefficient (Wildman–Crippen LogP) is 5.67. The molecule has 148 valence electrons. The minimum atomic E-state index is 0.0953. The molecule has 26 heavy (non-hydrogen) atoms. The Hall–Kier alpha value is -1.17. The average Bonchev–Trinajstić information content (AvgIpc) is 3.05. The van der Waals surface area contributed by atoms with E-state index in [0.717, 1.165) is 29.6 Å². The fourth-order valence-electron chi connectivity index (χ4n) is 2.68. The molecule has 1 unspecified atom stereocenters. The lowest BCUT2D eigenvalue weighted by Gasteiger charge is -2.14. The van der Waals surface area contributed by atoms with Gasteiger partial charge in [-0.05, 0) is 56.9 Å². The minimum absolute atomic E-state index is 0.0953. The lowest BCUT2D eigenvalue weighted by Crippen LogP contribution is -2.15. The number of aromatic amines is 1. The van der Waals surface area contributed by atoms with Crippen LogP contribution in [0.1, 0.15) is 78.0 Å². The van der Waals surface area contributed by atoms with Crippen LogP contribution in [-0.4, -0.2) is 34.6 Å². The predicted molar refractivity (Wildman–Crippen MR) is 111 cm³/mol. The van der Waals surface area contributed by atoms with E-state index in [2.05, 4.69) is 41.0 Å². The molecule has 0 radical (unpaired) electrons. The fourth-order valence-corrected chi connectivity index (χ4v) is 2.82. The van der Waals surface area contributed by atoms with Gasteiger partial charge in [-0.1, -0.05) is 40.0 Å². The van der Waals surface area contributed by atoms with Gasteiger partial charge in [-0.15, -0.1) is 0 Å². The van der Waals surface area contributed by atoms with Crippen LogP contribution in [0.3, 0.4) is 0 Å². The molecule has 6 heteroatoms. The van der Waals surface area contributed by atoms with Crippen LogP contribution >= 0.6 is 11.6 Å². The number of nitrogens with zero attached hydrogens (tertiary/aromatic N) is 2. The number of ether oxygens (including phenoxy) is 1. The third-order valence-electron chi connectivity index (χ3n) is 4.01. The fraction of sp³-hybridized carbons (Fsp3) is 0.700. The van der Waals surface area contributed by atoms with E-state index in [1.54, 1.807) is 6.20 Å². The van der Waals surface area contributed by atoms with Gasteiger partial charge in [0, 0.05) is 23.9 Å². The molecule has 5 nitrogen and oxygen atoms in total. The number of hydrogen-bond acceptors (Lipinski definition) is 4. The molecule has 0 aliphatic rings. The molecular weight excluding hydrogens is 348 g/mol. The quantitative estimate of drug-likeness (QED) is 0.388. The molecule has 0 fully saturated rings. The molecule has 0 saturated heterocycles. The van der Waals surface area contributed by atoms with Crippen molar-refractivity contribution >= 4 is 22.6 Å². The van der Waals surface area contributed by atoms with Gasteiger partial charge in [0.15, 0.2) is 0 Å². The Morgan fingerprint density at radius 1 is 1.12 bits per heavy atom. The van der Waals surface area contributed by atoms with Crippen molar-refractivity contribution in [1.29, 1.82) is 0 Å². The van der Waals surface area contributed by atoms with Crippen LogP contribution < -0.4 is 5.32 Å². The van der Waals surface area contributed by atoms with Crippen molar-refractivity contribution < 1.29 is 4.74 Å². The van der Waals surface area contributed by atoms with E-state index in [1.165, 1.54) is 38.8 Å². The summed E-state index contributed by atoms with van der Waals surface area (Å²) in [6.45, 7) is 11.7. The van der Waals surface area contributed by atoms with Crippen molar-refractivity contribution in [2.75, 3.05) is 19.7 Å². The summed E-state index contributed by atoms with van der Waals surface area (Å²) in [6, 6.07) is 2.03. The lowest BCUT2D eigenvalue weighted by atomic mass is 10.1. The van der Waals surface area contributed by atoms with Gasteiger partial charge in [-0.3, -0.25) is 0 Å². The van der Waals surface area contributed by atoms with Crippen molar-refractivity contribution in [3.8, 4) is 0 Å². The van der Waals surface area contributed by atoms with Crippen LogP contribution in [0.4, 0.5) is 0 Å². The Balaban J connectivity index is 0.000000321. The van der Waals surface area contributed by atoms with Gasteiger partial charge in [-0.2, -0.15) is 4.98 Å². The van der Waals surface area contributed by atoms with Gasteiger partial charge in [0.05, 0.1) is 6.10 Å². The summed E-state index contributed by atoms with van der Waals surface area (Å²) < 4.78 is 5.72. The number of nitrogens with one attached hydrogen (secondary N) is 2. The van der Waals surface area contributed by atoms with Crippen LogP contribution in [0.2, 0.25) is 5.28 Å². The Morgan fingerprint density at radius 2 is 1.92 bits per heavy atom. The van der Waals surface area contributed by atoms with E-state index in [9.17, 15) is 0 Å². The zero-order valence-corrected chi connectivity index (χ0v) is 17.5. The molecule has 0 amide bonds. The van der Waals surface area contributed by atoms with Crippen LogP contribution in [-0.2, 0) is 4.74 Å². The van der Waals surface area contributed by atoms with Crippen molar-refractivity contribution in [1.82, 2.24) is 20.3 Å². The Morgan fingerprint density at radius 3 is 2.58 bits per heavy atom. The minimum Gasteiger partial charge on any atom is -0.372 e. The highest BCUT2D eigenvalue weighted by Crippen LogP contribution is 2.25. The second-order valence-corrected chi connectivity index (χ2v) is 6.70. The van der Waals surface area contributed by atoms with Gasteiger partial charge < -0.3 is 15.0 Å². The SMILES string of the molecule is CCCC(OCC)c1cc2cnc(Cl)nc2[nH]1.CCCCCNCCC. The highest BCUT2D eigenvalue weighted by atomic mass is 35.5. The van der Waals surface area contributed by atoms with Crippen molar-refractivity contribution in [3.63, 3.8) is 0 Å². The second kappa shape index (κ2) is 14.0. The Kier molecular flexibility index (Phi) is 12.3. The van der Waals surface area contributed by atoms with Crippen LogP contribution in [0.25, 0.3) is 11.0 Å². The maximum Gasteiger partial charge on any atom is 0.224 e. The lowest BCUT2D eigenvalue weighted by molar-refractivity contribution is 0.0532. The summed E-state index contributed by atoms with van der Waals surface area (Å²) in [5, 5.41) is 4.59. The zero-order valence-electron chi connectivity index (χ0n) is 16.8. The summed E-state index contributed by atoms with van der Waals surface area (Å²) in [4.78, 5) is 11.4. The summed E-state index contributed by atoms with van der Waals surface area (Å²) in [7, 11) is 0. The third-order valence-corrected chi connectivity index (χ3v) is 4.19. The van der Waals surface area contributed by atoms with Crippen molar-refractivity contribution in [2.24, 2.45) is 0 Å². The monoisotopic (exact) mass is 382 g/mol. The smallest absolute Gasteiger partial charge is 0.224 e. The van der Waals surface area contributed by atoms with Gasteiger partial charge >= 0.3 is 0 Å². The summed E-state index contributed by atoms with van der Waals surface area (Å²) in [5.74, 6) is 0. The van der Waals surface area contributed by atoms with Gasteiger partial charge in [0.2, 0.25) is 5.28 Å². The maximum atomic E-state index is 5.76. The molecule has 0 saturated carbocycles. The summed E-state index contributed by atoms with van der Waals surface area (Å²) >= 11 is 5.76. The number of halogens is 1. The van der Waals surface area contributed by atoms with Crippen LogP contribution in [0.15, 0.2) is 12.3 Å². The third kappa shape index (κ3) is 8.47. The molecule has 0 spiro atoms. The molecular formula is C20H35ClN4O.